The number of nitrogens with zero attached hydrogens (tertiary/aromatic N) is 2. The molecule has 0 radical (unpaired) electrons. The Morgan fingerprint density at radius 1 is 1.52 bits per heavy atom. The van der Waals surface area contributed by atoms with Crippen molar-refractivity contribution in [2.75, 3.05) is 18.4 Å². The van der Waals surface area contributed by atoms with Gasteiger partial charge >= 0.3 is 6.03 Å². The van der Waals surface area contributed by atoms with Crippen LogP contribution < -0.4 is 10.6 Å². The van der Waals surface area contributed by atoms with Crippen molar-refractivity contribution in [3.8, 4) is 10.6 Å². The Labute approximate surface area is 138 Å². The summed E-state index contributed by atoms with van der Waals surface area (Å²) in [6.45, 7) is 2.91. The predicted octanol–water partition coefficient (Wildman–Crippen LogP) is 2.55. The lowest BCUT2D eigenvalue weighted by atomic mass is 10.1. The maximum absolute atomic E-state index is 12.5. The Bertz CT molecular complexity index is 702. The Morgan fingerprint density at radius 3 is 3.13 bits per heavy atom. The maximum atomic E-state index is 12.5. The van der Waals surface area contributed by atoms with Crippen molar-refractivity contribution in [2.24, 2.45) is 0 Å². The zero-order chi connectivity index (χ0) is 16.2. The molecular formula is C16H18N4O2S. The van der Waals surface area contributed by atoms with Crippen LogP contribution in [0.5, 0.6) is 0 Å². The largest absolute Gasteiger partial charge is 0.353 e. The predicted molar refractivity (Wildman–Crippen MR) is 90.4 cm³/mol. The molecule has 1 aliphatic rings. The lowest BCUT2D eigenvalue weighted by Gasteiger charge is -2.34. The molecule has 23 heavy (non-hydrogen) atoms. The molecule has 0 saturated carbocycles. The quantitative estimate of drug-likeness (QED) is 0.908. The molecular weight excluding hydrogens is 312 g/mol. The van der Waals surface area contributed by atoms with Crippen molar-refractivity contribution in [3.05, 3.63) is 35.8 Å². The second-order valence-corrected chi connectivity index (χ2v) is 6.15. The van der Waals surface area contributed by atoms with Crippen molar-refractivity contribution < 1.29 is 9.59 Å². The summed E-state index contributed by atoms with van der Waals surface area (Å²) in [4.78, 5) is 30.2. The average molecular weight is 330 g/mol. The molecule has 0 aliphatic carbocycles. The number of urea groups is 1. The molecule has 6 nitrogen and oxygen atoms in total. The van der Waals surface area contributed by atoms with Crippen LogP contribution in [0.15, 0.2) is 35.8 Å². The van der Waals surface area contributed by atoms with Crippen LogP contribution in [0, 0.1) is 0 Å². The number of piperazine rings is 1. The molecule has 0 bridgehead atoms. The second-order valence-electron chi connectivity index (χ2n) is 5.26. The SMILES string of the molecule is CC[C@@H]1C(=O)NCCN1C(=O)Nc1cccc(-c2nccs2)c1. The van der Waals surface area contributed by atoms with Gasteiger partial charge in [0.15, 0.2) is 0 Å². The first kappa shape index (κ1) is 15.5. The van der Waals surface area contributed by atoms with Crippen LogP contribution in [0.2, 0.25) is 0 Å². The molecule has 1 aromatic carbocycles. The molecule has 1 fully saturated rings. The molecule has 1 aromatic heterocycles. The Morgan fingerprint density at radius 2 is 2.39 bits per heavy atom. The smallest absolute Gasteiger partial charge is 0.322 e. The summed E-state index contributed by atoms with van der Waals surface area (Å²) < 4.78 is 0. The molecule has 2 heterocycles. The summed E-state index contributed by atoms with van der Waals surface area (Å²) in [6.07, 6.45) is 2.35. The van der Waals surface area contributed by atoms with Crippen molar-refractivity contribution >= 4 is 29.0 Å². The molecule has 2 aromatic rings. The van der Waals surface area contributed by atoms with Gasteiger partial charge in [0.05, 0.1) is 0 Å². The number of benzene rings is 1. The third-order valence-corrected chi connectivity index (χ3v) is 4.59. The topological polar surface area (TPSA) is 74.3 Å². The van der Waals surface area contributed by atoms with Gasteiger partial charge in [-0.2, -0.15) is 0 Å². The molecule has 7 heteroatoms. The normalized spacial score (nSPS) is 17.7. The minimum atomic E-state index is -0.411. The number of hydrogen-bond donors (Lipinski definition) is 2. The fourth-order valence-electron chi connectivity index (χ4n) is 2.65. The number of aromatic nitrogens is 1. The Kier molecular flexibility index (Phi) is 4.57. The van der Waals surface area contributed by atoms with Crippen LogP contribution in [-0.2, 0) is 4.79 Å². The molecule has 0 spiro atoms. The van der Waals surface area contributed by atoms with E-state index in [1.165, 1.54) is 0 Å². The van der Waals surface area contributed by atoms with Gasteiger partial charge in [-0.3, -0.25) is 4.79 Å². The number of anilines is 1. The van der Waals surface area contributed by atoms with E-state index in [2.05, 4.69) is 15.6 Å². The fraction of sp³-hybridized carbons (Fsp3) is 0.312. The average Bonchev–Trinajstić information content (AvgIpc) is 3.09. The van der Waals surface area contributed by atoms with E-state index in [-0.39, 0.29) is 11.9 Å². The number of carbonyl (C=O) groups is 2. The second kappa shape index (κ2) is 6.78. The van der Waals surface area contributed by atoms with Crippen LogP contribution in [0.4, 0.5) is 10.5 Å². The minimum Gasteiger partial charge on any atom is -0.353 e. The Hall–Kier alpha value is -2.41. The summed E-state index contributed by atoms with van der Waals surface area (Å²) in [6, 6.07) is 6.90. The van der Waals surface area contributed by atoms with Crippen LogP contribution in [0.25, 0.3) is 10.6 Å². The van der Waals surface area contributed by atoms with E-state index in [1.807, 2.05) is 36.6 Å². The van der Waals surface area contributed by atoms with E-state index in [1.54, 1.807) is 22.4 Å². The van der Waals surface area contributed by atoms with Gasteiger partial charge in [-0.1, -0.05) is 19.1 Å². The molecule has 3 amide bonds. The van der Waals surface area contributed by atoms with Crippen molar-refractivity contribution in [3.63, 3.8) is 0 Å². The lowest BCUT2D eigenvalue weighted by molar-refractivity contribution is -0.127. The number of hydrogen-bond acceptors (Lipinski definition) is 4. The molecule has 1 atom stereocenters. The van der Waals surface area contributed by atoms with Gasteiger partial charge in [0.2, 0.25) is 5.91 Å². The number of nitrogens with one attached hydrogen (secondary N) is 2. The summed E-state index contributed by atoms with van der Waals surface area (Å²) in [5, 5.41) is 8.50. The molecule has 3 rings (SSSR count). The molecule has 1 saturated heterocycles. The van der Waals surface area contributed by atoms with E-state index in [9.17, 15) is 9.59 Å². The fourth-order valence-corrected chi connectivity index (χ4v) is 3.29. The highest BCUT2D eigenvalue weighted by molar-refractivity contribution is 7.13. The number of carbonyl (C=O) groups excluding carboxylic acids is 2. The molecule has 120 valence electrons. The third-order valence-electron chi connectivity index (χ3n) is 3.77. The van der Waals surface area contributed by atoms with Crippen LogP contribution in [0.3, 0.4) is 0 Å². The zero-order valence-corrected chi connectivity index (χ0v) is 13.6. The van der Waals surface area contributed by atoms with Crippen molar-refractivity contribution in [1.29, 1.82) is 0 Å². The van der Waals surface area contributed by atoms with E-state index < -0.39 is 6.04 Å². The van der Waals surface area contributed by atoms with Gasteiger partial charge in [-0.25, -0.2) is 9.78 Å². The summed E-state index contributed by atoms with van der Waals surface area (Å²) in [7, 11) is 0. The zero-order valence-electron chi connectivity index (χ0n) is 12.8. The summed E-state index contributed by atoms with van der Waals surface area (Å²) in [5.74, 6) is -0.0922. The van der Waals surface area contributed by atoms with E-state index >= 15 is 0 Å². The van der Waals surface area contributed by atoms with Gasteiger partial charge in [0.25, 0.3) is 0 Å². The highest BCUT2D eigenvalue weighted by Crippen LogP contribution is 2.24. The highest BCUT2D eigenvalue weighted by atomic mass is 32.1. The lowest BCUT2D eigenvalue weighted by Crippen LogP contribution is -2.57. The Balaban J connectivity index is 1.75. The van der Waals surface area contributed by atoms with Gasteiger partial charge in [0.1, 0.15) is 11.0 Å². The van der Waals surface area contributed by atoms with Gasteiger partial charge in [-0.15, -0.1) is 11.3 Å². The monoisotopic (exact) mass is 330 g/mol. The standard InChI is InChI=1S/C16H18N4O2S/c1-2-13-14(21)17-6-8-20(13)16(22)19-12-5-3-4-11(10-12)15-18-7-9-23-15/h3-5,7,9-10,13H,2,6,8H2,1H3,(H,17,21)(H,19,22)/t13-/m1/s1. The van der Waals surface area contributed by atoms with E-state index in [0.717, 1.165) is 10.6 Å². The first-order valence-electron chi connectivity index (χ1n) is 7.54. The van der Waals surface area contributed by atoms with Crippen LogP contribution in [0.1, 0.15) is 13.3 Å². The first-order chi connectivity index (χ1) is 11.2. The summed E-state index contributed by atoms with van der Waals surface area (Å²) >= 11 is 1.55. The number of rotatable bonds is 3. The summed E-state index contributed by atoms with van der Waals surface area (Å²) in [5.41, 5.74) is 1.66. The third kappa shape index (κ3) is 3.34. The highest BCUT2D eigenvalue weighted by Gasteiger charge is 2.31. The first-order valence-corrected chi connectivity index (χ1v) is 8.42. The molecule has 0 unspecified atom stereocenters. The number of amides is 3. The molecule has 1 aliphatic heterocycles. The van der Waals surface area contributed by atoms with Gasteiger partial charge in [0, 0.05) is 35.9 Å². The van der Waals surface area contributed by atoms with Crippen LogP contribution in [-0.4, -0.2) is 41.0 Å². The van der Waals surface area contributed by atoms with Gasteiger partial charge in [-0.05, 0) is 18.6 Å². The van der Waals surface area contributed by atoms with Gasteiger partial charge < -0.3 is 15.5 Å². The maximum Gasteiger partial charge on any atom is 0.322 e. The number of thiazole rings is 1. The van der Waals surface area contributed by atoms with E-state index in [0.29, 0.717) is 25.2 Å². The van der Waals surface area contributed by atoms with E-state index in [4.69, 9.17) is 0 Å². The minimum absolute atomic E-state index is 0.0922. The van der Waals surface area contributed by atoms with Crippen LogP contribution >= 0.6 is 11.3 Å². The van der Waals surface area contributed by atoms with Crippen molar-refractivity contribution in [2.45, 2.75) is 19.4 Å². The van der Waals surface area contributed by atoms with Crippen molar-refractivity contribution in [1.82, 2.24) is 15.2 Å². The molecule has 2 N–H and O–H groups in total.